The molecule has 0 unspecified atom stereocenters. The molecule has 0 aliphatic heterocycles. The topological polar surface area (TPSA) is 110 Å². The fraction of sp³-hybridized carbons (Fsp3) is 0.333. The molecule has 0 saturated heterocycles. The molecule has 1 aromatic rings. The highest BCUT2D eigenvalue weighted by molar-refractivity contribution is 7.89. The van der Waals surface area contributed by atoms with Gasteiger partial charge in [-0.3, -0.25) is 4.79 Å². The summed E-state index contributed by atoms with van der Waals surface area (Å²) in [5, 5.41) is 8.33. The van der Waals surface area contributed by atoms with E-state index >= 15 is 0 Å². The summed E-state index contributed by atoms with van der Waals surface area (Å²) in [4.78, 5) is 21.3. The van der Waals surface area contributed by atoms with Crippen molar-refractivity contribution in [2.24, 2.45) is 0 Å². The molecule has 0 aliphatic carbocycles. The van der Waals surface area contributed by atoms with Crippen molar-refractivity contribution in [3.8, 4) is 0 Å². The Labute approximate surface area is 116 Å². The Balaban J connectivity index is 2.56. The highest BCUT2D eigenvalue weighted by atomic mass is 32.2. The molecule has 0 aromatic heterocycles. The number of carboxylic acids is 1. The predicted octanol–water partition coefficient (Wildman–Crippen LogP) is 0.269. The normalized spacial score (nSPS) is 11.2. The van der Waals surface area contributed by atoms with E-state index in [0.717, 1.165) is 0 Å². The number of hydrogen-bond acceptors (Lipinski definition) is 5. The van der Waals surface area contributed by atoms with Crippen LogP contribution in [0.2, 0.25) is 0 Å². The maximum atomic E-state index is 11.8. The Kier molecular flexibility index (Phi) is 5.81. The molecule has 1 rings (SSSR count). The molecule has 0 heterocycles. The number of sulfonamides is 1. The molecule has 0 spiro atoms. The molecule has 0 radical (unpaired) electrons. The minimum absolute atomic E-state index is 0.0285. The summed E-state index contributed by atoms with van der Waals surface area (Å²) in [6.07, 6.45) is 0. The Bertz CT molecular complexity index is 578. The minimum atomic E-state index is -3.69. The Morgan fingerprint density at radius 1 is 1.25 bits per heavy atom. The van der Waals surface area contributed by atoms with Crippen LogP contribution in [0.5, 0.6) is 0 Å². The van der Waals surface area contributed by atoms with Crippen molar-refractivity contribution >= 4 is 21.8 Å². The van der Waals surface area contributed by atoms with Gasteiger partial charge in [-0.1, -0.05) is 12.1 Å². The summed E-state index contributed by atoms with van der Waals surface area (Å²) < 4.78 is 30.7. The highest BCUT2D eigenvalue weighted by Gasteiger charge is 2.13. The van der Waals surface area contributed by atoms with Crippen molar-refractivity contribution in [2.45, 2.75) is 11.8 Å². The molecule has 0 fully saturated rings. The summed E-state index contributed by atoms with van der Waals surface area (Å²) >= 11 is 0. The molecular formula is C12H15NO6S. The number of nitrogens with one attached hydrogen (secondary N) is 1. The standard InChI is InChI=1S/C12H15NO6S/c1-9(14)10-2-4-11(5-3-10)20(17,18)13-6-7-19-8-12(15)16/h2-5,13H,6-8H2,1H3,(H,15,16). The van der Waals surface area contributed by atoms with Crippen molar-refractivity contribution in [3.05, 3.63) is 29.8 Å². The van der Waals surface area contributed by atoms with Crippen LogP contribution in [0.4, 0.5) is 0 Å². The maximum Gasteiger partial charge on any atom is 0.329 e. The third kappa shape index (κ3) is 5.08. The molecule has 0 atom stereocenters. The molecule has 0 aliphatic rings. The molecular weight excluding hydrogens is 286 g/mol. The quantitative estimate of drug-likeness (QED) is 0.527. The van der Waals surface area contributed by atoms with Crippen molar-refractivity contribution < 1.29 is 27.9 Å². The van der Waals surface area contributed by atoms with Crippen LogP contribution in [-0.2, 0) is 19.6 Å². The largest absolute Gasteiger partial charge is 0.480 e. The number of hydrogen-bond donors (Lipinski definition) is 2. The minimum Gasteiger partial charge on any atom is -0.480 e. The summed E-state index contributed by atoms with van der Waals surface area (Å²) in [5.74, 6) is -1.27. The van der Waals surface area contributed by atoms with Crippen LogP contribution in [-0.4, -0.2) is 45.0 Å². The number of rotatable bonds is 8. The number of Topliss-reactive ketones (excluding diaryl/α,β-unsaturated/α-hetero) is 1. The van der Waals surface area contributed by atoms with Crippen LogP contribution < -0.4 is 4.72 Å². The van der Waals surface area contributed by atoms with E-state index in [9.17, 15) is 18.0 Å². The van der Waals surface area contributed by atoms with Gasteiger partial charge in [0.1, 0.15) is 6.61 Å². The molecule has 1 aromatic carbocycles. The van der Waals surface area contributed by atoms with E-state index in [-0.39, 0.29) is 23.8 Å². The van der Waals surface area contributed by atoms with Gasteiger partial charge in [0, 0.05) is 12.1 Å². The van der Waals surface area contributed by atoms with Gasteiger partial charge in [-0.2, -0.15) is 0 Å². The van der Waals surface area contributed by atoms with E-state index in [2.05, 4.69) is 4.72 Å². The van der Waals surface area contributed by atoms with Crippen LogP contribution in [0.25, 0.3) is 0 Å². The second kappa shape index (κ2) is 7.13. The summed E-state index contributed by atoms with van der Waals surface area (Å²) in [5.41, 5.74) is 0.425. The van der Waals surface area contributed by atoms with E-state index in [4.69, 9.17) is 9.84 Å². The second-order valence-electron chi connectivity index (χ2n) is 3.92. The first-order chi connectivity index (χ1) is 9.33. The Morgan fingerprint density at radius 3 is 2.35 bits per heavy atom. The fourth-order valence-electron chi connectivity index (χ4n) is 1.36. The number of benzene rings is 1. The fourth-order valence-corrected chi connectivity index (χ4v) is 2.37. The van der Waals surface area contributed by atoms with Crippen LogP contribution in [0, 0.1) is 0 Å². The van der Waals surface area contributed by atoms with Gasteiger partial charge in [0.15, 0.2) is 5.78 Å². The molecule has 0 saturated carbocycles. The number of carbonyl (C=O) groups is 2. The lowest BCUT2D eigenvalue weighted by molar-refractivity contribution is -0.142. The highest BCUT2D eigenvalue weighted by Crippen LogP contribution is 2.10. The van der Waals surface area contributed by atoms with Crippen LogP contribution >= 0.6 is 0 Å². The first kappa shape index (κ1) is 16.3. The van der Waals surface area contributed by atoms with Gasteiger partial charge in [0.2, 0.25) is 10.0 Å². The Hall–Kier alpha value is -1.77. The number of carboxylic acid groups (broad SMARTS) is 1. The number of ketones is 1. The maximum absolute atomic E-state index is 11.8. The second-order valence-corrected chi connectivity index (χ2v) is 5.69. The first-order valence-electron chi connectivity index (χ1n) is 5.73. The zero-order valence-electron chi connectivity index (χ0n) is 10.8. The van der Waals surface area contributed by atoms with Gasteiger partial charge < -0.3 is 9.84 Å². The lowest BCUT2D eigenvalue weighted by atomic mass is 10.2. The van der Waals surface area contributed by atoms with Crippen molar-refractivity contribution in [3.63, 3.8) is 0 Å². The van der Waals surface area contributed by atoms with Crippen molar-refractivity contribution in [2.75, 3.05) is 19.8 Å². The zero-order valence-corrected chi connectivity index (χ0v) is 11.6. The number of ether oxygens (including phenoxy) is 1. The van der Waals surface area contributed by atoms with E-state index in [1.807, 2.05) is 0 Å². The zero-order chi connectivity index (χ0) is 15.2. The predicted molar refractivity (Wildman–Crippen MR) is 70.1 cm³/mol. The van der Waals surface area contributed by atoms with E-state index < -0.39 is 22.6 Å². The van der Waals surface area contributed by atoms with Crippen LogP contribution in [0.1, 0.15) is 17.3 Å². The molecule has 2 N–H and O–H groups in total. The summed E-state index contributed by atoms with van der Waals surface area (Å²) in [7, 11) is -3.69. The number of aliphatic carboxylic acids is 1. The van der Waals surface area contributed by atoms with Crippen molar-refractivity contribution in [1.29, 1.82) is 0 Å². The van der Waals surface area contributed by atoms with Crippen molar-refractivity contribution in [1.82, 2.24) is 4.72 Å². The first-order valence-corrected chi connectivity index (χ1v) is 7.21. The summed E-state index contributed by atoms with van der Waals surface area (Å²) in [6.45, 7) is 0.831. The summed E-state index contributed by atoms with van der Waals surface area (Å²) in [6, 6.07) is 5.52. The SMILES string of the molecule is CC(=O)c1ccc(S(=O)(=O)NCCOCC(=O)O)cc1. The molecule has 110 valence electrons. The van der Waals surface area contributed by atoms with Gasteiger partial charge in [0.05, 0.1) is 11.5 Å². The van der Waals surface area contributed by atoms with E-state index in [0.29, 0.717) is 5.56 Å². The molecule has 20 heavy (non-hydrogen) atoms. The third-order valence-corrected chi connectivity index (χ3v) is 3.81. The molecule has 7 nitrogen and oxygen atoms in total. The van der Waals surface area contributed by atoms with Crippen LogP contribution in [0.3, 0.4) is 0 Å². The van der Waals surface area contributed by atoms with Gasteiger partial charge in [-0.25, -0.2) is 17.9 Å². The van der Waals surface area contributed by atoms with Gasteiger partial charge in [0.25, 0.3) is 0 Å². The van der Waals surface area contributed by atoms with Gasteiger partial charge >= 0.3 is 5.97 Å². The lowest BCUT2D eigenvalue weighted by Crippen LogP contribution is -2.28. The van der Waals surface area contributed by atoms with E-state index in [1.165, 1.54) is 31.2 Å². The average Bonchev–Trinajstić information content (AvgIpc) is 2.38. The third-order valence-electron chi connectivity index (χ3n) is 2.34. The Morgan fingerprint density at radius 2 is 1.85 bits per heavy atom. The van der Waals surface area contributed by atoms with Crippen LogP contribution in [0.15, 0.2) is 29.2 Å². The molecule has 0 bridgehead atoms. The smallest absolute Gasteiger partial charge is 0.329 e. The molecule has 0 amide bonds. The average molecular weight is 301 g/mol. The monoisotopic (exact) mass is 301 g/mol. The molecule has 8 heteroatoms. The van der Waals surface area contributed by atoms with Gasteiger partial charge in [-0.05, 0) is 19.1 Å². The van der Waals surface area contributed by atoms with E-state index in [1.54, 1.807) is 0 Å². The van der Waals surface area contributed by atoms with Gasteiger partial charge in [-0.15, -0.1) is 0 Å². The number of carbonyl (C=O) groups excluding carboxylic acids is 1. The lowest BCUT2D eigenvalue weighted by Gasteiger charge is -2.07.